The molecule has 0 bridgehead atoms. The minimum atomic E-state index is -3.74. The van der Waals surface area contributed by atoms with Gasteiger partial charge in [0.1, 0.15) is 10.6 Å². The Kier molecular flexibility index (Phi) is 5.82. The van der Waals surface area contributed by atoms with Crippen LogP contribution in [0.2, 0.25) is 5.02 Å². The summed E-state index contributed by atoms with van der Waals surface area (Å²) in [4.78, 5) is -0.0284. The number of sulfonamides is 1. The largest absolute Gasteiger partial charge is 0.495 e. The fourth-order valence-electron chi connectivity index (χ4n) is 1.81. The van der Waals surface area contributed by atoms with Gasteiger partial charge in [-0.25, -0.2) is 8.42 Å². The maximum Gasteiger partial charge on any atom is 0.246 e. The molecule has 1 rings (SSSR count). The predicted octanol–water partition coefficient (Wildman–Crippen LogP) is 2.26. The lowest BCUT2D eigenvalue weighted by molar-refractivity contribution is 0.272. The Morgan fingerprint density at radius 2 is 2.05 bits per heavy atom. The van der Waals surface area contributed by atoms with Crippen LogP contribution in [0.25, 0.3) is 0 Å². The Morgan fingerprint density at radius 3 is 2.50 bits per heavy atom. The second-order valence-electron chi connectivity index (χ2n) is 4.53. The molecule has 0 aliphatic heterocycles. The van der Waals surface area contributed by atoms with Crippen molar-refractivity contribution in [3.05, 3.63) is 22.7 Å². The van der Waals surface area contributed by atoms with E-state index in [1.54, 1.807) is 0 Å². The van der Waals surface area contributed by atoms with Crippen LogP contribution in [-0.2, 0) is 16.6 Å². The Balaban J connectivity index is 3.49. The third kappa shape index (κ3) is 3.25. The molecule has 7 heteroatoms. The molecule has 0 aliphatic rings. The van der Waals surface area contributed by atoms with E-state index in [1.165, 1.54) is 30.6 Å². The van der Waals surface area contributed by atoms with Crippen LogP contribution in [0.15, 0.2) is 17.0 Å². The number of nitrogens with zero attached hydrogens (tertiary/aromatic N) is 1. The van der Waals surface area contributed by atoms with E-state index >= 15 is 0 Å². The van der Waals surface area contributed by atoms with Crippen molar-refractivity contribution in [1.82, 2.24) is 4.31 Å². The third-order valence-electron chi connectivity index (χ3n) is 3.34. The fourth-order valence-corrected chi connectivity index (χ4v) is 3.78. The van der Waals surface area contributed by atoms with E-state index in [0.29, 0.717) is 12.0 Å². The van der Waals surface area contributed by atoms with Crippen molar-refractivity contribution in [2.24, 2.45) is 0 Å². The normalized spacial score (nSPS) is 13.6. The van der Waals surface area contributed by atoms with Crippen molar-refractivity contribution >= 4 is 21.6 Å². The first kappa shape index (κ1) is 17.2. The quantitative estimate of drug-likeness (QED) is 0.872. The Labute approximate surface area is 125 Å². The Morgan fingerprint density at radius 1 is 1.45 bits per heavy atom. The molecule has 0 fully saturated rings. The molecule has 1 unspecified atom stereocenters. The first-order valence-electron chi connectivity index (χ1n) is 6.24. The minimum Gasteiger partial charge on any atom is -0.495 e. The van der Waals surface area contributed by atoms with Crippen LogP contribution < -0.4 is 4.74 Å². The molecule has 5 nitrogen and oxygen atoms in total. The summed E-state index contributed by atoms with van der Waals surface area (Å²) in [6.07, 6.45) is 0.686. The van der Waals surface area contributed by atoms with Crippen LogP contribution in [0.3, 0.4) is 0 Å². The van der Waals surface area contributed by atoms with E-state index in [0.717, 1.165) is 0 Å². The summed E-state index contributed by atoms with van der Waals surface area (Å²) in [5, 5.41) is 9.55. The van der Waals surface area contributed by atoms with Crippen LogP contribution in [0, 0.1) is 0 Å². The van der Waals surface area contributed by atoms with Crippen LogP contribution in [0.4, 0.5) is 0 Å². The topological polar surface area (TPSA) is 66.8 Å². The van der Waals surface area contributed by atoms with E-state index in [1.807, 2.05) is 13.8 Å². The number of aliphatic hydroxyl groups is 1. The van der Waals surface area contributed by atoms with Gasteiger partial charge in [0.15, 0.2) is 0 Å². The summed E-state index contributed by atoms with van der Waals surface area (Å²) in [6.45, 7) is 3.38. The van der Waals surface area contributed by atoms with E-state index < -0.39 is 10.0 Å². The van der Waals surface area contributed by atoms with Crippen molar-refractivity contribution in [2.45, 2.75) is 37.8 Å². The molecule has 1 aromatic rings. The first-order valence-corrected chi connectivity index (χ1v) is 8.06. The highest BCUT2D eigenvalue weighted by molar-refractivity contribution is 7.89. The van der Waals surface area contributed by atoms with Crippen LogP contribution in [0.1, 0.15) is 25.8 Å². The lowest BCUT2D eigenvalue weighted by atomic mass is 10.2. The van der Waals surface area contributed by atoms with Gasteiger partial charge in [0, 0.05) is 23.7 Å². The molecule has 0 aliphatic carbocycles. The van der Waals surface area contributed by atoms with E-state index in [4.69, 9.17) is 16.3 Å². The molecule has 0 heterocycles. The van der Waals surface area contributed by atoms with Crippen LogP contribution >= 0.6 is 11.6 Å². The average molecular weight is 322 g/mol. The molecule has 0 radical (unpaired) electrons. The molecule has 1 N–H and O–H groups in total. The lowest BCUT2D eigenvalue weighted by Gasteiger charge is -2.24. The Hall–Kier alpha value is -0.820. The molecule has 0 saturated heterocycles. The van der Waals surface area contributed by atoms with Crippen molar-refractivity contribution in [1.29, 1.82) is 0 Å². The number of ether oxygens (including phenoxy) is 1. The number of benzene rings is 1. The summed E-state index contributed by atoms with van der Waals surface area (Å²) in [5.74, 6) is 0.132. The van der Waals surface area contributed by atoms with Crippen LogP contribution in [0.5, 0.6) is 5.75 Å². The number of hydrogen-bond donors (Lipinski definition) is 1. The molecule has 0 spiro atoms. The van der Waals surface area contributed by atoms with Gasteiger partial charge in [-0.05, 0) is 25.5 Å². The van der Waals surface area contributed by atoms with E-state index in [2.05, 4.69) is 0 Å². The van der Waals surface area contributed by atoms with Gasteiger partial charge in [0.25, 0.3) is 0 Å². The zero-order valence-corrected chi connectivity index (χ0v) is 13.6. The number of methoxy groups -OCH3 is 1. The van der Waals surface area contributed by atoms with E-state index in [-0.39, 0.29) is 28.3 Å². The SMILES string of the molecule is CCC(C)N(C)S(=O)(=O)c1cc(Cl)cc(CO)c1OC. The van der Waals surface area contributed by atoms with Crippen LogP contribution in [-0.4, -0.2) is 38.0 Å². The third-order valence-corrected chi connectivity index (χ3v) is 5.54. The molecule has 20 heavy (non-hydrogen) atoms. The van der Waals surface area contributed by atoms with Crippen molar-refractivity contribution in [3.8, 4) is 5.75 Å². The van der Waals surface area contributed by atoms with E-state index in [9.17, 15) is 13.5 Å². The standard InChI is InChI=1S/C13H20ClNO4S/c1-5-9(2)15(3)20(17,18)12-7-11(14)6-10(8-16)13(12)19-4/h6-7,9,16H,5,8H2,1-4H3. The van der Waals surface area contributed by atoms with Crippen molar-refractivity contribution in [2.75, 3.05) is 14.2 Å². The van der Waals surface area contributed by atoms with Crippen molar-refractivity contribution in [3.63, 3.8) is 0 Å². The molecule has 1 aromatic carbocycles. The highest BCUT2D eigenvalue weighted by atomic mass is 35.5. The van der Waals surface area contributed by atoms with Gasteiger partial charge < -0.3 is 9.84 Å². The molecule has 1 atom stereocenters. The zero-order valence-electron chi connectivity index (χ0n) is 12.1. The average Bonchev–Trinajstić information content (AvgIpc) is 2.44. The summed E-state index contributed by atoms with van der Waals surface area (Å²) < 4.78 is 31.7. The lowest BCUT2D eigenvalue weighted by Crippen LogP contribution is -2.34. The molecular formula is C13H20ClNO4S. The molecule has 114 valence electrons. The Bertz CT molecular complexity index is 574. The summed E-state index contributed by atoms with van der Waals surface area (Å²) in [6, 6.07) is 2.68. The summed E-state index contributed by atoms with van der Waals surface area (Å²) in [7, 11) is -0.853. The number of halogens is 1. The van der Waals surface area contributed by atoms with Gasteiger partial charge in [-0.3, -0.25) is 0 Å². The van der Waals surface area contributed by atoms with Gasteiger partial charge in [0.05, 0.1) is 13.7 Å². The van der Waals surface area contributed by atoms with Gasteiger partial charge >= 0.3 is 0 Å². The van der Waals surface area contributed by atoms with Gasteiger partial charge in [0.2, 0.25) is 10.0 Å². The molecule has 0 amide bonds. The smallest absolute Gasteiger partial charge is 0.246 e. The minimum absolute atomic E-state index is 0.0284. The van der Waals surface area contributed by atoms with Crippen molar-refractivity contribution < 1.29 is 18.3 Å². The van der Waals surface area contributed by atoms with Gasteiger partial charge in [-0.2, -0.15) is 4.31 Å². The summed E-state index contributed by atoms with van der Waals surface area (Å²) in [5.41, 5.74) is 0.344. The number of rotatable bonds is 6. The molecular weight excluding hydrogens is 302 g/mol. The zero-order chi connectivity index (χ0) is 15.5. The second-order valence-corrected chi connectivity index (χ2v) is 6.94. The first-order chi connectivity index (χ1) is 9.29. The maximum atomic E-state index is 12.6. The van der Waals surface area contributed by atoms with Gasteiger partial charge in [-0.15, -0.1) is 0 Å². The summed E-state index contributed by atoms with van der Waals surface area (Å²) >= 11 is 5.93. The molecule has 0 saturated carbocycles. The highest BCUT2D eigenvalue weighted by Gasteiger charge is 2.29. The number of hydrogen-bond acceptors (Lipinski definition) is 4. The van der Waals surface area contributed by atoms with Gasteiger partial charge in [-0.1, -0.05) is 18.5 Å². The maximum absolute atomic E-state index is 12.6. The molecule has 0 aromatic heterocycles. The second kappa shape index (κ2) is 6.76. The number of aliphatic hydroxyl groups excluding tert-OH is 1. The fraction of sp³-hybridized carbons (Fsp3) is 0.538. The predicted molar refractivity (Wildman–Crippen MR) is 78.6 cm³/mol. The monoisotopic (exact) mass is 321 g/mol. The highest BCUT2D eigenvalue weighted by Crippen LogP contribution is 2.34.